The molecule has 138 valence electrons. The van der Waals surface area contributed by atoms with Crippen LogP contribution in [0.2, 0.25) is 0 Å². The van der Waals surface area contributed by atoms with Gasteiger partial charge in [0.15, 0.2) is 0 Å². The standard InChI is InChI=1S/C19H24N4O2S/c1-14-17(26-13-22-14)6-4-10-21-19(25)15-7-8-18(24)23(11-15)12-16-5-2-3-9-20-16/h2-3,5,9,13,15H,4,6-8,10-12H2,1H3,(H,21,25). The van der Waals surface area contributed by atoms with Crippen LogP contribution in [0.25, 0.3) is 0 Å². The molecule has 1 unspecified atom stereocenters. The third kappa shape index (κ3) is 4.88. The lowest BCUT2D eigenvalue weighted by Crippen LogP contribution is -2.45. The molecule has 0 saturated carbocycles. The molecule has 1 atom stereocenters. The Labute approximate surface area is 157 Å². The number of hydrogen-bond donors (Lipinski definition) is 1. The average Bonchev–Trinajstić information content (AvgIpc) is 3.06. The van der Waals surface area contributed by atoms with E-state index in [0.29, 0.717) is 32.5 Å². The van der Waals surface area contributed by atoms with Gasteiger partial charge in [-0.1, -0.05) is 6.07 Å². The van der Waals surface area contributed by atoms with Crippen LogP contribution in [0.5, 0.6) is 0 Å². The summed E-state index contributed by atoms with van der Waals surface area (Å²) in [5.74, 6) is 0.00599. The maximum absolute atomic E-state index is 12.5. The summed E-state index contributed by atoms with van der Waals surface area (Å²) in [7, 11) is 0. The van der Waals surface area contributed by atoms with Gasteiger partial charge in [0.1, 0.15) is 0 Å². The van der Waals surface area contributed by atoms with E-state index in [9.17, 15) is 9.59 Å². The van der Waals surface area contributed by atoms with Gasteiger partial charge in [-0.05, 0) is 38.3 Å². The van der Waals surface area contributed by atoms with Crippen LogP contribution in [-0.2, 0) is 22.6 Å². The minimum Gasteiger partial charge on any atom is -0.356 e. The van der Waals surface area contributed by atoms with E-state index < -0.39 is 0 Å². The quantitative estimate of drug-likeness (QED) is 0.757. The zero-order valence-corrected chi connectivity index (χ0v) is 15.8. The summed E-state index contributed by atoms with van der Waals surface area (Å²) in [6.45, 7) is 3.60. The first-order chi connectivity index (χ1) is 12.6. The number of pyridine rings is 1. The second kappa shape index (κ2) is 8.89. The van der Waals surface area contributed by atoms with Crippen molar-refractivity contribution in [3.63, 3.8) is 0 Å². The first kappa shape index (κ1) is 18.5. The summed E-state index contributed by atoms with van der Waals surface area (Å²) in [4.78, 5) is 36.2. The van der Waals surface area contributed by atoms with Crippen molar-refractivity contribution in [2.24, 2.45) is 5.92 Å². The maximum atomic E-state index is 12.5. The summed E-state index contributed by atoms with van der Waals surface area (Å²) in [5.41, 5.74) is 3.79. The van der Waals surface area contributed by atoms with Gasteiger partial charge in [-0.3, -0.25) is 14.6 Å². The van der Waals surface area contributed by atoms with Crippen LogP contribution in [0.4, 0.5) is 0 Å². The normalized spacial score (nSPS) is 17.3. The van der Waals surface area contributed by atoms with Crippen LogP contribution < -0.4 is 5.32 Å². The monoisotopic (exact) mass is 372 g/mol. The Hall–Kier alpha value is -2.28. The zero-order chi connectivity index (χ0) is 18.4. The molecule has 1 saturated heterocycles. The number of likely N-dealkylation sites (tertiary alicyclic amines) is 1. The van der Waals surface area contributed by atoms with Crippen molar-refractivity contribution >= 4 is 23.2 Å². The highest BCUT2D eigenvalue weighted by Crippen LogP contribution is 2.20. The number of carbonyl (C=O) groups excluding carboxylic acids is 2. The molecule has 1 N–H and O–H groups in total. The van der Waals surface area contributed by atoms with Gasteiger partial charge in [-0.25, -0.2) is 4.98 Å². The highest BCUT2D eigenvalue weighted by atomic mass is 32.1. The Balaban J connectivity index is 1.45. The van der Waals surface area contributed by atoms with Crippen LogP contribution in [0, 0.1) is 12.8 Å². The molecule has 3 heterocycles. The van der Waals surface area contributed by atoms with E-state index in [0.717, 1.165) is 24.2 Å². The van der Waals surface area contributed by atoms with E-state index in [1.165, 1.54) is 4.88 Å². The zero-order valence-electron chi connectivity index (χ0n) is 15.0. The van der Waals surface area contributed by atoms with Crippen LogP contribution in [0.3, 0.4) is 0 Å². The molecule has 0 spiro atoms. The lowest BCUT2D eigenvalue weighted by Gasteiger charge is -2.31. The summed E-state index contributed by atoms with van der Waals surface area (Å²) < 4.78 is 0. The number of nitrogens with one attached hydrogen (secondary N) is 1. The predicted molar refractivity (Wildman–Crippen MR) is 101 cm³/mol. The number of carbonyl (C=O) groups is 2. The van der Waals surface area contributed by atoms with E-state index in [1.54, 1.807) is 22.4 Å². The highest BCUT2D eigenvalue weighted by molar-refractivity contribution is 7.09. The van der Waals surface area contributed by atoms with Crippen molar-refractivity contribution < 1.29 is 9.59 Å². The largest absolute Gasteiger partial charge is 0.356 e. The van der Waals surface area contributed by atoms with Crippen LogP contribution in [-0.4, -0.2) is 39.8 Å². The molecule has 26 heavy (non-hydrogen) atoms. The van der Waals surface area contributed by atoms with Gasteiger partial charge in [-0.2, -0.15) is 0 Å². The van der Waals surface area contributed by atoms with E-state index >= 15 is 0 Å². The van der Waals surface area contributed by atoms with Gasteiger partial charge in [0.05, 0.1) is 29.4 Å². The Morgan fingerprint density at radius 1 is 1.38 bits per heavy atom. The minimum absolute atomic E-state index is 0.0459. The van der Waals surface area contributed by atoms with Crippen molar-refractivity contribution in [1.82, 2.24) is 20.2 Å². The Morgan fingerprint density at radius 2 is 2.27 bits per heavy atom. The molecule has 1 aliphatic heterocycles. The molecule has 2 aromatic heterocycles. The molecule has 0 aromatic carbocycles. The number of amides is 2. The Kier molecular flexibility index (Phi) is 6.33. The van der Waals surface area contributed by atoms with E-state index in [2.05, 4.69) is 15.3 Å². The number of aromatic nitrogens is 2. The van der Waals surface area contributed by atoms with Gasteiger partial charge in [0, 0.05) is 30.6 Å². The summed E-state index contributed by atoms with van der Waals surface area (Å²) in [6, 6.07) is 5.66. The fourth-order valence-electron chi connectivity index (χ4n) is 3.14. The molecule has 0 aliphatic carbocycles. The maximum Gasteiger partial charge on any atom is 0.224 e. The molecular formula is C19H24N4O2S. The van der Waals surface area contributed by atoms with Crippen LogP contribution >= 0.6 is 11.3 Å². The third-order valence-electron chi connectivity index (χ3n) is 4.67. The molecule has 2 amide bonds. The fraction of sp³-hybridized carbons (Fsp3) is 0.474. The lowest BCUT2D eigenvalue weighted by molar-refractivity contribution is -0.138. The molecule has 3 rings (SSSR count). The summed E-state index contributed by atoms with van der Waals surface area (Å²) in [6.07, 6.45) is 4.60. The smallest absolute Gasteiger partial charge is 0.224 e. The summed E-state index contributed by atoms with van der Waals surface area (Å²) in [5, 5.41) is 3.03. The number of thiazole rings is 1. The van der Waals surface area contributed by atoms with E-state index in [-0.39, 0.29) is 17.7 Å². The number of hydrogen-bond acceptors (Lipinski definition) is 5. The van der Waals surface area contributed by atoms with Crippen molar-refractivity contribution in [1.29, 1.82) is 0 Å². The van der Waals surface area contributed by atoms with Crippen molar-refractivity contribution in [2.45, 2.75) is 39.2 Å². The molecule has 7 heteroatoms. The second-order valence-corrected chi connectivity index (χ2v) is 7.53. The molecule has 0 radical (unpaired) electrons. The Bertz CT molecular complexity index is 747. The second-order valence-electron chi connectivity index (χ2n) is 6.59. The van der Waals surface area contributed by atoms with E-state index in [4.69, 9.17) is 0 Å². The third-order valence-corrected chi connectivity index (χ3v) is 5.67. The number of nitrogens with zero attached hydrogens (tertiary/aromatic N) is 3. The topological polar surface area (TPSA) is 75.2 Å². The highest BCUT2D eigenvalue weighted by Gasteiger charge is 2.30. The van der Waals surface area contributed by atoms with Gasteiger partial charge < -0.3 is 10.2 Å². The molecular weight excluding hydrogens is 348 g/mol. The average molecular weight is 372 g/mol. The molecule has 6 nitrogen and oxygen atoms in total. The number of aryl methyl sites for hydroxylation is 2. The van der Waals surface area contributed by atoms with Crippen molar-refractivity contribution in [2.75, 3.05) is 13.1 Å². The number of rotatable bonds is 7. The molecule has 1 fully saturated rings. The van der Waals surface area contributed by atoms with Crippen LogP contribution in [0.15, 0.2) is 29.9 Å². The van der Waals surface area contributed by atoms with Gasteiger partial charge >= 0.3 is 0 Å². The number of piperidine rings is 1. The summed E-state index contributed by atoms with van der Waals surface area (Å²) >= 11 is 1.66. The first-order valence-corrected chi connectivity index (χ1v) is 9.86. The van der Waals surface area contributed by atoms with Crippen molar-refractivity contribution in [3.05, 3.63) is 46.2 Å². The first-order valence-electron chi connectivity index (χ1n) is 8.98. The fourth-order valence-corrected chi connectivity index (χ4v) is 3.96. The van der Waals surface area contributed by atoms with Gasteiger partial charge in [0.2, 0.25) is 11.8 Å². The minimum atomic E-state index is -0.137. The SMILES string of the molecule is Cc1ncsc1CCCNC(=O)C1CCC(=O)N(Cc2ccccn2)C1. The van der Waals surface area contributed by atoms with E-state index in [1.807, 2.05) is 30.6 Å². The Morgan fingerprint density at radius 3 is 3.00 bits per heavy atom. The molecule has 1 aliphatic rings. The predicted octanol–water partition coefficient (Wildman–Crippen LogP) is 2.33. The van der Waals surface area contributed by atoms with Crippen LogP contribution in [0.1, 0.15) is 35.5 Å². The van der Waals surface area contributed by atoms with Gasteiger partial charge in [0.25, 0.3) is 0 Å². The molecule has 2 aromatic rings. The lowest BCUT2D eigenvalue weighted by atomic mass is 9.96. The van der Waals surface area contributed by atoms with Crippen molar-refractivity contribution in [3.8, 4) is 0 Å². The molecule has 0 bridgehead atoms. The van der Waals surface area contributed by atoms with Gasteiger partial charge in [-0.15, -0.1) is 11.3 Å².